The minimum absolute atomic E-state index is 0.0201. The van der Waals surface area contributed by atoms with Gasteiger partial charge in [-0.25, -0.2) is 18.4 Å². The second kappa shape index (κ2) is 9.30. The van der Waals surface area contributed by atoms with E-state index < -0.39 is 17.5 Å². The fourth-order valence-corrected chi connectivity index (χ4v) is 5.22. The predicted octanol–water partition coefficient (Wildman–Crippen LogP) is 3.70. The summed E-state index contributed by atoms with van der Waals surface area (Å²) in [5.41, 5.74) is 12.1. The Morgan fingerprint density at radius 1 is 1.15 bits per heavy atom. The van der Waals surface area contributed by atoms with Gasteiger partial charge in [0.25, 0.3) is 5.91 Å². The highest BCUT2D eigenvalue weighted by molar-refractivity contribution is 7.19. The molecule has 3 heterocycles. The maximum Gasteiger partial charge on any atom is 0.277 e. The number of amides is 1. The lowest BCUT2D eigenvalue weighted by atomic mass is 9.97. The normalized spacial score (nSPS) is 16.7. The molecule has 180 valence electrons. The summed E-state index contributed by atoms with van der Waals surface area (Å²) in [6.45, 7) is 3.14. The number of rotatable bonds is 7. The van der Waals surface area contributed by atoms with Gasteiger partial charge in [0.2, 0.25) is 0 Å². The fraction of sp³-hybridized carbons (Fsp3) is 0.435. The van der Waals surface area contributed by atoms with E-state index in [0.717, 1.165) is 61.8 Å². The molecule has 2 aliphatic rings. The second-order valence-corrected chi connectivity index (χ2v) is 9.99. The number of nitrogens with one attached hydrogen (secondary N) is 1. The molecule has 1 aliphatic carbocycles. The monoisotopic (exact) mass is 487 g/mol. The quantitative estimate of drug-likeness (QED) is 0.468. The van der Waals surface area contributed by atoms with Crippen molar-refractivity contribution in [3.63, 3.8) is 0 Å². The average molecular weight is 488 g/mol. The number of thiazole rings is 1. The zero-order chi connectivity index (χ0) is 23.8. The van der Waals surface area contributed by atoms with Crippen molar-refractivity contribution < 1.29 is 13.6 Å². The van der Waals surface area contributed by atoms with Crippen molar-refractivity contribution in [3.8, 4) is 10.6 Å². The molecule has 0 unspecified atom stereocenters. The zero-order valence-corrected chi connectivity index (χ0v) is 19.5. The summed E-state index contributed by atoms with van der Waals surface area (Å²) < 4.78 is 30.4. The number of hydrogen-bond acceptors (Lipinski definition) is 7. The number of hydrogen-bond donors (Lipinski definition) is 3. The Morgan fingerprint density at radius 2 is 1.85 bits per heavy atom. The molecule has 0 spiro atoms. The predicted molar refractivity (Wildman–Crippen MR) is 129 cm³/mol. The van der Waals surface area contributed by atoms with Gasteiger partial charge in [-0.2, -0.15) is 5.10 Å². The van der Waals surface area contributed by atoms with Gasteiger partial charge in [0.1, 0.15) is 27.3 Å². The first-order valence-corrected chi connectivity index (χ1v) is 12.3. The van der Waals surface area contributed by atoms with E-state index in [0.29, 0.717) is 24.1 Å². The van der Waals surface area contributed by atoms with Crippen LogP contribution in [0.15, 0.2) is 24.4 Å². The van der Waals surface area contributed by atoms with E-state index in [1.807, 2.05) is 4.68 Å². The summed E-state index contributed by atoms with van der Waals surface area (Å²) in [6.07, 6.45) is 5.97. The van der Waals surface area contributed by atoms with Crippen LogP contribution in [0, 0.1) is 23.5 Å². The van der Waals surface area contributed by atoms with Crippen molar-refractivity contribution in [1.82, 2.24) is 14.8 Å². The van der Waals surface area contributed by atoms with Gasteiger partial charge in [-0.3, -0.25) is 4.79 Å². The van der Waals surface area contributed by atoms with Gasteiger partial charge in [0.05, 0.1) is 11.8 Å². The minimum Gasteiger partial charge on any atom is -0.389 e. The molecule has 1 aromatic carbocycles. The van der Waals surface area contributed by atoms with Gasteiger partial charge in [0, 0.05) is 19.6 Å². The smallest absolute Gasteiger partial charge is 0.277 e. The fourth-order valence-electron chi connectivity index (χ4n) is 4.34. The first kappa shape index (κ1) is 22.7. The third kappa shape index (κ3) is 4.49. The molecule has 1 saturated heterocycles. The van der Waals surface area contributed by atoms with Crippen molar-refractivity contribution in [2.24, 2.45) is 17.6 Å². The van der Waals surface area contributed by atoms with Crippen molar-refractivity contribution in [2.45, 2.75) is 32.2 Å². The molecule has 2 fully saturated rings. The van der Waals surface area contributed by atoms with E-state index in [2.05, 4.69) is 20.3 Å². The number of piperidine rings is 1. The number of nitrogen functional groups attached to an aromatic ring is 1. The third-order valence-electron chi connectivity index (χ3n) is 6.48. The molecule has 1 saturated carbocycles. The second-order valence-electron chi connectivity index (χ2n) is 8.96. The van der Waals surface area contributed by atoms with Crippen LogP contribution < -0.4 is 21.7 Å². The van der Waals surface area contributed by atoms with Crippen LogP contribution in [-0.2, 0) is 6.54 Å². The molecule has 11 heteroatoms. The molecule has 0 atom stereocenters. The van der Waals surface area contributed by atoms with E-state index >= 15 is 0 Å². The standard InChI is InChI=1S/C23H27F2N7OS/c24-15-2-1-3-16(25)18(15)22-30-19(20(27)34-22)21(33)29-17-11-28-32(12-14-4-5-14)23(17)31-8-6-13(10-26)7-9-31/h1-3,11,13-14H,4-10,12,26-27H2,(H,29,33). The largest absolute Gasteiger partial charge is 0.389 e. The Morgan fingerprint density at radius 3 is 2.50 bits per heavy atom. The summed E-state index contributed by atoms with van der Waals surface area (Å²) in [4.78, 5) is 19.5. The molecule has 0 radical (unpaired) electrons. The average Bonchev–Trinajstić information content (AvgIpc) is 3.44. The molecular formula is C23H27F2N7OS. The van der Waals surface area contributed by atoms with E-state index in [1.54, 1.807) is 6.20 Å². The van der Waals surface area contributed by atoms with E-state index in [9.17, 15) is 13.6 Å². The molecule has 8 nitrogen and oxygen atoms in total. The Bertz CT molecular complexity index is 1180. The third-order valence-corrected chi connectivity index (χ3v) is 7.38. The Hall–Kier alpha value is -3.05. The molecule has 5 rings (SSSR count). The molecule has 34 heavy (non-hydrogen) atoms. The molecule has 1 aliphatic heterocycles. The lowest BCUT2D eigenvalue weighted by Crippen LogP contribution is -2.37. The maximum absolute atomic E-state index is 14.2. The van der Waals surface area contributed by atoms with Crippen molar-refractivity contribution in [1.29, 1.82) is 0 Å². The van der Waals surface area contributed by atoms with Crippen molar-refractivity contribution in [3.05, 3.63) is 41.7 Å². The summed E-state index contributed by atoms with van der Waals surface area (Å²) >= 11 is 0.874. The topological polar surface area (TPSA) is 115 Å². The Labute approximate surface area is 199 Å². The van der Waals surface area contributed by atoms with E-state index in [4.69, 9.17) is 11.5 Å². The number of aromatic nitrogens is 3. The van der Waals surface area contributed by atoms with Crippen molar-refractivity contribution in [2.75, 3.05) is 35.6 Å². The van der Waals surface area contributed by atoms with Crippen molar-refractivity contribution >= 4 is 33.8 Å². The van der Waals surface area contributed by atoms with Crippen LogP contribution in [0.3, 0.4) is 0 Å². The highest BCUT2D eigenvalue weighted by Gasteiger charge is 2.29. The van der Waals surface area contributed by atoms with Gasteiger partial charge >= 0.3 is 0 Å². The van der Waals surface area contributed by atoms with Crippen LogP contribution in [0.25, 0.3) is 10.6 Å². The maximum atomic E-state index is 14.2. The van der Waals surface area contributed by atoms with Crippen LogP contribution in [0.5, 0.6) is 0 Å². The lowest BCUT2D eigenvalue weighted by Gasteiger charge is -2.33. The molecule has 5 N–H and O–H groups in total. The van der Waals surface area contributed by atoms with Crippen LogP contribution in [-0.4, -0.2) is 40.3 Å². The summed E-state index contributed by atoms with van der Waals surface area (Å²) in [6, 6.07) is 3.56. The first-order chi connectivity index (χ1) is 16.4. The number of anilines is 3. The molecule has 0 bridgehead atoms. The van der Waals surface area contributed by atoms with Gasteiger partial charge in [0.15, 0.2) is 11.5 Å². The van der Waals surface area contributed by atoms with Gasteiger partial charge < -0.3 is 21.7 Å². The van der Waals surface area contributed by atoms with E-state index in [1.165, 1.54) is 18.9 Å². The van der Waals surface area contributed by atoms with Gasteiger partial charge in [-0.15, -0.1) is 0 Å². The number of benzene rings is 1. The summed E-state index contributed by atoms with van der Waals surface area (Å²) in [5.74, 6) is -0.0848. The highest BCUT2D eigenvalue weighted by atomic mass is 32.1. The van der Waals surface area contributed by atoms with E-state index in [-0.39, 0.29) is 21.3 Å². The molecule has 3 aromatic rings. The number of halogens is 2. The highest BCUT2D eigenvalue weighted by Crippen LogP contribution is 2.37. The first-order valence-electron chi connectivity index (χ1n) is 11.5. The van der Waals surface area contributed by atoms with Gasteiger partial charge in [-0.05, 0) is 56.2 Å². The van der Waals surface area contributed by atoms with Crippen LogP contribution in [0.4, 0.5) is 25.3 Å². The van der Waals surface area contributed by atoms with Crippen LogP contribution >= 0.6 is 11.3 Å². The SMILES string of the molecule is NCC1CCN(c2c(NC(=O)c3nc(-c4c(F)cccc4F)sc3N)cnn2CC2CC2)CC1. The summed E-state index contributed by atoms with van der Waals surface area (Å²) in [7, 11) is 0. The Balaban J connectivity index is 1.41. The number of carbonyl (C=O) groups excluding carboxylic acids is 1. The van der Waals surface area contributed by atoms with Crippen LogP contribution in [0.2, 0.25) is 0 Å². The zero-order valence-electron chi connectivity index (χ0n) is 18.6. The Kier molecular flexibility index (Phi) is 6.22. The molecule has 2 aromatic heterocycles. The molecule has 1 amide bonds. The van der Waals surface area contributed by atoms with Crippen LogP contribution in [0.1, 0.15) is 36.2 Å². The molecular weight excluding hydrogens is 460 g/mol. The summed E-state index contributed by atoms with van der Waals surface area (Å²) in [5, 5.41) is 7.54. The van der Waals surface area contributed by atoms with Gasteiger partial charge in [-0.1, -0.05) is 17.4 Å². The number of nitrogens with two attached hydrogens (primary N) is 2. The number of carbonyl (C=O) groups is 1. The number of nitrogens with zero attached hydrogens (tertiary/aromatic N) is 4. The lowest BCUT2D eigenvalue weighted by molar-refractivity contribution is 0.102. The minimum atomic E-state index is -0.759.